The molecule has 1 aliphatic heterocycles. The van der Waals surface area contributed by atoms with Gasteiger partial charge < -0.3 is 9.64 Å². The van der Waals surface area contributed by atoms with Crippen molar-refractivity contribution in [2.75, 3.05) is 24.6 Å². The van der Waals surface area contributed by atoms with Crippen LogP contribution < -0.4 is 10.0 Å². The van der Waals surface area contributed by atoms with Crippen molar-refractivity contribution in [2.24, 2.45) is 0 Å². The lowest BCUT2D eigenvalue weighted by atomic mass is 10.2. The van der Waals surface area contributed by atoms with Crippen molar-refractivity contribution in [1.82, 2.24) is 10.4 Å². The third-order valence-electron chi connectivity index (χ3n) is 4.16. The molecule has 0 fully saturated rings. The van der Waals surface area contributed by atoms with Crippen molar-refractivity contribution in [1.29, 1.82) is 0 Å². The summed E-state index contributed by atoms with van der Waals surface area (Å²) in [4.78, 5) is 1.85. The van der Waals surface area contributed by atoms with Crippen LogP contribution in [0.3, 0.4) is 0 Å². The van der Waals surface area contributed by atoms with Crippen molar-refractivity contribution in [2.45, 2.75) is 39.7 Å². The largest absolute Gasteiger partial charge is 0.446 e. The summed E-state index contributed by atoms with van der Waals surface area (Å²) in [6, 6.07) is 0. The molecule has 0 amide bonds. The van der Waals surface area contributed by atoms with Gasteiger partial charge in [0, 0.05) is 25.7 Å². The predicted octanol–water partition coefficient (Wildman–Crippen LogP) is 1.46. The molecular formula is C17H28N3O7S3+. The summed E-state index contributed by atoms with van der Waals surface area (Å²) in [6.07, 6.45) is 6.45. The molecular weight excluding hydrogens is 454 g/mol. The second-order valence-electron chi connectivity index (χ2n) is 6.47. The summed E-state index contributed by atoms with van der Waals surface area (Å²) >= 11 is 1.50. The Morgan fingerprint density at radius 2 is 2.03 bits per heavy atom. The quantitative estimate of drug-likeness (QED) is 0.244. The molecule has 30 heavy (non-hydrogen) atoms. The number of hydroxylamine groups is 1. The van der Waals surface area contributed by atoms with Crippen LogP contribution in [0.5, 0.6) is 0 Å². The Morgan fingerprint density at radius 1 is 1.27 bits per heavy atom. The minimum absolute atomic E-state index is 0.131. The first-order valence-corrected chi connectivity index (χ1v) is 13.6. The minimum atomic E-state index is -4.00. The van der Waals surface area contributed by atoms with Crippen LogP contribution in [-0.2, 0) is 35.8 Å². The number of ether oxygens (including phenoxy) is 1. The van der Waals surface area contributed by atoms with Gasteiger partial charge in [-0.25, -0.2) is 0 Å². The van der Waals surface area contributed by atoms with Gasteiger partial charge in [-0.15, -0.1) is 0 Å². The summed E-state index contributed by atoms with van der Waals surface area (Å²) in [7, 11) is -7.64. The van der Waals surface area contributed by atoms with Gasteiger partial charge in [0.15, 0.2) is 12.7 Å². The van der Waals surface area contributed by atoms with E-state index in [0.717, 1.165) is 10.6 Å². The number of rotatable bonds is 13. The molecule has 1 aromatic rings. The van der Waals surface area contributed by atoms with Crippen LogP contribution in [0.25, 0.3) is 5.57 Å². The number of aromatic nitrogens is 1. The van der Waals surface area contributed by atoms with Crippen LogP contribution in [0.15, 0.2) is 29.9 Å². The van der Waals surface area contributed by atoms with Crippen molar-refractivity contribution < 1.29 is 35.0 Å². The van der Waals surface area contributed by atoms with Crippen LogP contribution >= 0.6 is 11.3 Å². The van der Waals surface area contributed by atoms with Crippen LogP contribution in [0.2, 0.25) is 0 Å². The zero-order valence-electron chi connectivity index (χ0n) is 17.0. The molecule has 0 saturated carbocycles. The Bertz CT molecular complexity index is 968. The standard InChI is InChI=1S/C17H27N3O7S3/c1-3-15(17-20(10-12-28-17)8-5-13-29(21,22)23)16-19(9-11-26-16)7-6-14-30(24,25)27-18-4-2/h9-12,18H,3-8,13-14H2,1-2H3/p+1. The van der Waals surface area contributed by atoms with Crippen molar-refractivity contribution in [3.8, 4) is 0 Å². The van der Waals surface area contributed by atoms with Gasteiger partial charge in [-0.2, -0.15) is 31.2 Å². The Morgan fingerprint density at radius 3 is 2.70 bits per heavy atom. The molecule has 2 N–H and O–H groups in total. The van der Waals surface area contributed by atoms with E-state index < -0.39 is 20.2 Å². The lowest BCUT2D eigenvalue weighted by Crippen LogP contribution is -2.36. The van der Waals surface area contributed by atoms with E-state index in [0.29, 0.717) is 38.4 Å². The van der Waals surface area contributed by atoms with E-state index in [1.807, 2.05) is 28.0 Å². The second-order valence-corrected chi connectivity index (χ2v) is 10.6. The fraction of sp³-hybridized carbons (Fsp3) is 0.588. The molecule has 0 bridgehead atoms. The number of nitrogens with zero attached hydrogens (tertiary/aromatic N) is 2. The SMILES string of the molecule is CCNOS(=O)(=O)CCCN1C=COC1=C(CC)c1scc[n+]1CCCS(=O)(=O)O. The van der Waals surface area contributed by atoms with Gasteiger partial charge >= 0.3 is 0 Å². The normalized spacial score (nSPS) is 16.2. The molecule has 170 valence electrons. The molecule has 0 atom stereocenters. The Labute approximate surface area is 181 Å². The first kappa shape index (κ1) is 24.8. The second kappa shape index (κ2) is 11.2. The monoisotopic (exact) mass is 482 g/mol. The Kier molecular flexibility index (Phi) is 9.25. The summed E-state index contributed by atoms with van der Waals surface area (Å²) in [5.41, 5.74) is 3.27. The fourth-order valence-corrected chi connectivity index (χ4v) is 5.22. The van der Waals surface area contributed by atoms with E-state index in [2.05, 4.69) is 9.76 Å². The highest BCUT2D eigenvalue weighted by Crippen LogP contribution is 2.29. The predicted molar refractivity (Wildman–Crippen MR) is 113 cm³/mol. The van der Waals surface area contributed by atoms with Crippen molar-refractivity contribution in [3.63, 3.8) is 0 Å². The van der Waals surface area contributed by atoms with Gasteiger partial charge in [0.1, 0.15) is 6.26 Å². The first-order chi connectivity index (χ1) is 14.2. The molecule has 0 aliphatic carbocycles. The number of hydrogen-bond donors (Lipinski definition) is 2. The maximum absolute atomic E-state index is 11.8. The maximum Gasteiger partial charge on any atom is 0.283 e. The fourth-order valence-electron chi connectivity index (χ4n) is 2.86. The molecule has 0 radical (unpaired) electrons. The van der Waals surface area contributed by atoms with Gasteiger partial charge in [-0.05, 0) is 12.8 Å². The van der Waals surface area contributed by atoms with Crippen LogP contribution in [-0.4, -0.2) is 50.9 Å². The molecule has 2 heterocycles. The molecule has 0 unspecified atom stereocenters. The van der Waals surface area contributed by atoms with Gasteiger partial charge in [-0.1, -0.05) is 25.2 Å². The van der Waals surface area contributed by atoms with Crippen LogP contribution in [0.1, 0.15) is 38.1 Å². The molecule has 13 heteroatoms. The summed E-state index contributed by atoms with van der Waals surface area (Å²) in [5, 5.41) is 2.82. The highest BCUT2D eigenvalue weighted by atomic mass is 32.2. The molecule has 1 aromatic heterocycles. The molecule has 10 nitrogen and oxygen atoms in total. The highest BCUT2D eigenvalue weighted by molar-refractivity contribution is 7.86. The van der Waals surface area contributed by atoms with E-state index in [1.54, 1.807) is 19.4 Å². The highest BCUT2D eigenvalue weighted by Gasteiger charge is 2.26. The van der Waals surface area contributed by atoms with Crippen molar-refractivity contribution >= 4 is 37.1 Å². The van der Waals surface area contributed by atoms with Gasteiger partial charge in [0.2, 0.25) is 5.88 Å². The Balaban J connectivity index is 2.08. The molecule has 2 rings (SSSR count). The Hall–Kier alpha value is -1.51. The van der Waals surface area contributed by atoms with Crippen LogP contribution in [0, 0.1) is 0 Å². The molecule has 0 saturated heterocycles. The number of hydrogen-bond acceptors (Lipinski definition) is 9. The van der Waals surface area contributed by atoms with Gasteiger partial charge in [0.25, 0.3) is 25.2 Å². The zero-order chi connectivity index (χ0) is 22.2. The lowest BCUT2D eigenvalue weighted by Gasteiger charge is -2.18. The summed E-state index contributed by atoms with van der Waals surface area (Å²) in [6.45, 7) is 4.98. The van der Waals surface area contributed by atoms with E-state index in [1.165, 1.54) is 11.3 Å². The molecule has 0 spiro atoms. The van der Waals surface area contributed by atoms with E-state index in [-0.39, 0.29) is 17.9 Å². The first-order valence-electron chi connectivity index (χ1n) is 9.56. The van der Waals surface area contributed by atoms with E-state index >= 15 is 0 Å². The van der Waals surface area contributed by atoms with Gasteiger partial charge in [-0.3, -0.25) is 4.55 Å². The van der Waals surface area contributed by atoms with E-state index in [4.69, 9.17) is 9.29 Å². The summed E-state index contributed by atoms with van der Waals surface area (Å²) < 4.78 is 66.8. The lowest BCUT2D eigenvalue weighted by molar-refractivity contribution is -0.694. The number of thiazole rings is 1. The average Bonchev–Trinajstić information content (AvgIpc) is 3.30. The number of nitrogens with one attached hydrogen (secondary N) is 1. The zero-order valence-corrected chi connectivity index (χ0v) is 19.4. The molecule has 0 aromatic carbocycles. The third-order valence-corrected chi connectivity index (χ3v) is 7.08. The average molecular weight is 483 g/mol. The molecule has 1 aliphatic rings. The third kappa shape index (κ3) is 7.63. The maximum atomic E-state index is 11.8. The van der Waals surface area contributed by atoms with Crippen LogP contribution in [0.4, 0.5) is 0 Å². The van der Waals surface area contributed by atoms with Crippen molar-refractivity contribution in [3.05, 3.63) is 34.9 Å². The number of allylic oxidation sites excluding steroid dienone is 1. The number of aryl methyl sites for hydroxylation is 1. The smallest absolute Gasteiger partial charge is 0.283 e. The van der Waals surface area contributed by atoms with Gasteiger partial charge in [0.05, 0.1) is 22.5 Å². The summed E-state index contributed by atoms with van der Waals surface area (Å²) in [5.74, 6) is 0.183. The van der Waals surface area contributed by atoms with E-state index in [9.17, 15) is 16.8 Å². The minimum Gasteiger partial charge on any atom is -0.446 e. The topological polar surface area (TPSA) is 126 Å².